The first-order chi connectivity index (χ1) is 10.2. The summed E-state index contributed by atoms with van der Waals surface area (Å²) in [4.78, 5) is 12.1. The van der Waals surface area contributed by atoms with E-state index in [0.717, 1.165) is 18.5 Å². The van der Waals surface area contributed by atoms with E-state index in [4.69, 9.17) is 9.26 Å². The van der Waals surface area contributed by atoms with Gasteiger partial charge >= 0.3 is 0 Å². The van der Waals surface area contributed by atoms with E-state index < -0.39 is 0 Å². The fraction of sp³-hybridized carbons (Fsp3) is 0.500. The standard InChI is InChI=1S/C14H18N4O3/c1-3-18-8-10(7-15-18)13-11(4-5-20-13)16-14(19)12-6-9(2)17-21-12/h6-8,11,13H,3-5H2,1-2H3,(H,16,19)/t11-,13+/m0/s1. The molecule has 0 saturated carbocycles. The Morgan fingerprint density at radius 2 is 2.43 bits per heavy atom. The van der Waals surface area contributed by atoms with Gasteiger partial charge in [-0.1, -0.05) is 5.16 Å². The molecule has 3 heterocycles. The van der Waals surface area contributed by atoms with Gasteiger partial charge in [0.1, 0.15) is 6.10 Å². The van der Waals surface area contributed by atoms with Crippen molar-refractivity contribution in [3.8, 4) is 0 Å². The van der Waals surface area contributed by atoms with E-state index in [2.05, 4.69) is 15.6 Å². The molecule has 0 bridgehead atoms. The Balaban J connectivity index is 1.70. The highest BCUT2D eigenvalue weighted by Gasteiger charge is 2.32. The van der Waals surface area contributed by atoms with Crippen LogP contribution in [0.3, 0.4) is 0 Å². The fourth-order valence-electron chi connectivity index (χ4n) is 2.48. The Labute approximate surface area is 122 Å². The number of aromatic nitrogens is 3. The number of nitrogens with zero attached hydrogens (tertiary/aromatic N) is 3. The van der Waals surface area contributed by atoms with Gasteiger partial charge in [-0.3, -0.25) is 9.48 Å². The van der Waals surface area contributed by atoms with Crippen molar-refractivity contribution >= 4 is 5.91 Å². The number of carbonyl (C=O) groups is 1. The minimum atomic E-state index is -0.265. The number of nitrogens with one attached hydrogen (secondary N) is 1. The maximum absolute atomic E-state index is 12.1. The van der Waals surface area contributed by atoms with Gasteiger partial charge in [-0.2, -0.15) is 5.10 Å². The van der Waals surface area contributed by atoms with E-state index >= 15 is 0 Å². The molecule has 0 spiro atoms. The summed E-state index contributed by atoms with van der Waals surface area (Å²) < 4.78 is 12.6. The normalized spacial score (nSPS) is 21.6. The molecule has 0 aromatic carbocycles. The van der Waals surface area contributed by atoms with Crippen LogP contribution >= 0.6 is 0 Å². The van der Waals surface area contributed by atoms with Gasteiger partial charge < -0.3 is 14.6 Å². The molecule has 1 amide bonds. The van der Waals surface area contributed by atoms with Gasteiger partial charge in [0.05, 0.1) is 17.9 Å². The van der Waals surface area contributed by atoms with Crippen LogP contribution < -0.4 is 5.32 Å². The lowest BCUT2D eigenvalue weighted by molar-refractivity contribution is 0.0794. The number of rotatable bonds is 4. The van der Waals surface area contributed by atoms with E-state index in [-0.39, 0.29) is 23.8 Å². The molecule has 3 rings (SSSR count). The molecular weight excluding hydrogens is 272 g/mol. The molecular formula is C14H18N4O3. The predicted molar refractivity (Wildman–Crippen MR) is 73.7 cm³/mol. The summed E-state index contributed by atoms with van der Waals surface area (Å²) in [5.74, 6) is -0.0404. The van der Waals surface area contributed by atoms with E-state index in [1.54, 1.807) is 19.2 Å². The van der Waals surface area contributed by atoms with Crippen molar-refractivity contribution in [2.24, 2.45) is 0 Å². The Hall–Kier alpha value is -2.15. The summed E-state index contributed by atoms with van der Waals surface area (Å²) in [5.41, 5.74) is 1.66. The average molecular weight is 290 g/mol. The zero-order valence-electron chi connectivity index (χ0n) is 12.1. The summed E-state index contributed by atoms with van der Waals surface area (Å²) >= 11 is 0. The van der Waals surface area contributed by atoms with Crippen LogP contribution in [0.5, 0.6) is 0 Å². The lowest BCUT2D eigenvalue weighted by atomic mass is 10.1. The molecule has 7 nitrogen and oxygen atoms in total. The largest absolute Gasteiger partial charge is 0.371 e. The first kappa shape index (κ1) is 13.8. The summed E-state index contributed by atoms with van der Waals surface area (Å²) in [5, 5.41) is 10.9. The van der Waals surface area contributed by atoms with Gasteiger partial charge in [-0.25, -0.2) is 0 Å². The van der Waals surface area contributed by atoms with Crippen LogP contribution in [0, 0.1) is 6.92 Å². The van der Waals surface area contributed by atoms with Crippen molar-refractivity contribution in [2.45, 2.75) is 39.0 Å². The highest BCUT2D eigenvalue weighted by atomic mass is 16.5. The molecule has 1 aliphatic heterocycles. The van der Waals surface area contributed by atoms with Gasteiger partial charge in [-0.05, 0) is 20.3 Å². The quantitative estimate of drug-likeness (QED) is 0.921. The molecule has 1 N–H and O–H groups in total. The molecule has 1 saturated heterocycles. The molecule has 112 valence electrons. The zero-order valence-corrected chi connectivity index (χ0v) is 12.1. The van der Waals surface area contributed by atoms with Crippen molar-refractivity contribution < 1.29 is 14.1 Å². The van der Waals surface area contributed by atoms with Gasteiger partial charge in [0.25, 0.3) is 5.91 Å². The molecule has 0 radical (unpaired) electrons. The third-order valence-corrected chi connectivity index (χ3v) is 3.57. The summed E-state index contributed by atoms with van der Waals surface area (Å²) in [6.45, 7) is 5.22. The second-order valence-corrected chi connectivity index (χ2v) is 5.12. The van der Waals surface area contributed by atoms with Crippen LogP contribution in [0.25, 0.3) is 0 Å². The van der Waals surface area contributed by atoms with Crippen molar-refractivity contribution in [3.05, 3.63) is 35.5 Å². The number of amides is 1. The van der Waals surface area contributed by atoms with Crippen molar-refractivity contribution in [1.82, 2.24) is 20.3 Å². The third-order valence-electron chi connectivity index (χ3n) is 3.57. The van der Waals surface area contributed by atoms with Gasteiger partial charge in [0, 0.05) is 31.0 Å². The van der Waals surface area contributed by atoms with Crippen LogP contribution in [0.15, 0.2) is 23.0 Å². The third kappa shape index (κ3) is 2.82. The highest BCUT2D eigenvalue weighted by molar-refractivity contribution is 5.91. The lowest BCUT2D eigenvalue weighted by Gasteiger charge is -2.17. The second-order valence-electron chi connectivity index (χ2n) is 5.12. The van der Waals surface area contributed by atoms with E-state index in [0.29, 0.717) is 12.3 Å². The first-order valence-corrected chi connectivity index (χ1v) is 7.05. The minimum absolute atomic E-state index is 0.0857. The molecule has 1 fully saturated rings. The minimum Gasteiger partial charge on any atom is -0.371 e. The number of carbonyl (C=O) groups excluding carboxylic acids is 1. The highest BCUT2D eigenvalue weighted by Crippen LogP contribution is 2.29. The van der Waals surface area contributed by atoms with Gasteiger partial charge in [-0.15, -0.1) is 0 Å². The second kappa shape index (κ2) is 5.69. The lowest BCUT2D eigenvalue weighted by Crippen LogP contribution is -2.36. The molecule has 2 aromatic rings. The molecule has 2 aromatic heterocycles. The number of ether oxygens (including phenoxy) is 1. The molecule has 0 unspecified atom stereocenters. The summed E-state index contributed by atoms with van der Waals surface area (Å²) in [6, 6.07) is 1.53. The maximum Gasteiger partial charge on any atom is 0.290 e. The SMILES string of the molecule is CCn1cc([C@H]2OCC[C@@H]2NC(=O)c2cc(C)no2)cn1. The number of hydrogen-bond donors (Lipinski definition) is 1. The zero-order chi connectivity index (χ0) is 14.8. The molecule has 21 heavy (non-hydrogen) atoms. The summed E-state index contributed by atoms with van der Waals surface area (Å²) in [6.07, 6.45) is 4.34. The van der Waals surface area contributed by atoms with Crippen molar-refractivity contribution in [1.29, 1.82) is 0 Å². The average Bonchev–Trinajstić information content (AvgIpc) is 3.17. The smallest absolute Gasteiger partial charge is 0.290 e. The number of aryl methyl sites for hydroxylation is 2. The fourth-order valence-corrected chi connectivity index (χ4v) is 2.48. The van der Waals surface area contributed by atoms with Crippen molar-refractivity contribution in [3.63, 3.8) is 0 Å². The van der Waals surface area contributed by atoms with Crippen LogP contribution in [-0.2, 0) is 11.3 Å². The van der Waals surface area contributed by atoms with Crippen LogP contribution in [0.1, 0.15) is 41.3 Å². The monoisotopic (exact) mass is 290 g/mol. The Morgan fingerprint density at radius 3 is 3.10 bits per heavy atom. The van der Waals surface area contributed by atoms with Crippen LogP contribution in [-0.4, -0.2) is 33.5 Å². The van der Waals surface area contributed by atoms with E-state index in [1.165, 1.54) is 0 Å². The topological polar surface area (TPSA) is 82.2 Å². The van der Waals surface area contributed by atoms with Crippen LogP contribution in [0.4, 0.5) is 0 Å². The molecule has 0 aliphatic carbocycles. The van der Waals surface area contributed by atoms with Gasteiger partial charge in [0.2, 0.25) is 5.76 Å². The Morgan fingerprint density at radius 1 is 1.57 bits per heavy atom. The van der Waals surface area contributed by atoms with Gasteiger partial charge in [0.15, 0.2) is 0 Å². The Kier molecular flexibility index (Phi) is 3.74. The maximum atomic E-state index is 12.1. The predicted octanol–water partition coefficient (Wildman–Crippen LogP) is 1.46. The molecule has 2 atom stereocenters. The first-order valence-electron chi connectivity index (χ1n) is 7.05. The summed E-state index contributed by atoms with van der Waals surface area (Å²) in [7, 11) is 0. The van der Waals surface area contributed by atoms with E-state index in [9.17, 15) is 4.79 Å². The Bertz CT molecular complexity index is 634. The molecule has 1 aliphatic rings. The van der Waals surface area contributed by atoms with Crippen LogP contribution in [0.2, 0.25) is 0 Å². The van der Waals surface area contributed by atoms with Crippen molar-refractivity contribution in [2.75, 3.05) is 6.61 Å². The molecule has 7 heteroatoms. The number of hydrogen-bond acceptors (Lipinski definition) is 5. The van der Waals surface area contributed by atoms with E-state index in [1.807, 2.05) is 17.8 Å².